The van der Waals surface area contributed by atoms with E-state index < -0.39 is 11.6 Å². The topological polar surface area (TPSA) is 60.9 Å². The van der Waals surface area contributed by atoms with Crippen LogP contribution in [0.2, 0.25) is 0 Å². The SMILES string of the molecule is Cc1ccc(F)c(C(=O)c2cnn(C)c2N)c1. The van der Waals surface area contributed by atoms with Crippen molar-refractivity contribution < 1.29 is 9.18 Å². The first-order chi connectivity index (χ1) is 8.00. The van der Waals surface area contributed by atoms with E-state index >= 15 is 0 Å². The molecule has 2 N–H and O–H groups in total. The maximum atomic E-state index is 13.6. The van der Waals surface area contributed by atoms with Crippen LogP contribution in [0.4, 0.5) is 10.2 Å². The molecule has 0 saturated carbocycles. The number of rotatable bonds is 2. The lowest BCUT2D eigenvalue weighted by Crippen LogP contribution is -2.08. The van der Waals surface area contributed by atoms with Crippen molar-refractivity contribution in [1.29, 1.82) is 0 Å². The summed E-state index contributed by atoms with van der Waals surface area (Å²) in [5, 5.41) is 3.86. The molecule has 0 bridgehead atoms. The first-order valence-electron chi connectivity index (χ1n) is 5.09. The van der Waals surface area contributed by atoms with Gasteiger partial charge in [-0.15, -0.1) is 0 Å². The van der Waals surface area contributed by atoms with Gasteiger partial charge in [-0.1, -0.05) is 11.6 Å². The Hall–Kier alpha value is -2.17. The second-order valence-corrected chi connectivity index (χ2v) is 3.88. The number of carbonyl (C=O) groups excluding carboxylic acids is 1. The third kappa shape index (κ3) is 1.91. The third-order valence-corrected chi connectivity index (χ3v) is 2.60. The summed E-state index contributed by atoms with van der Waals surface area (Å²) < 4.78 is 14.9. The van der Waals surface area contributed by atoms with Crippen LogP contribution in [0.1, 0.15) is 21.5 Å². The van der Waals surface area contributed by atoms with Gasteiger partial charge in [-0.2, -0.15) is 5.10 Å². The number of ketones is 1. The van der Waals surface area contributed by atoms with Gasteiger partial charge in [0, 0.05) is 7.05 Å². The molecular weight excluding hydrogens is 221 g/mol. The summed E-state index contributed by atoms with van der Waals surface area (Å²) in [5.74, 6) is -0.767. The van der Waals surface area contributed by atoms with E-state index in [9.17, 15) is 9.18 Å². The van der Waals surface area contributed by atoms with Gasteiger partial charge in [0.2, 0.25) is 5.78 Å². The fourth-order valence-corrected chi connectivity index (χ4v) is 1.58. The van der Waals surface area contributed by atoms with Crippen molar-refractivity contribution in [1.82, 2.24) is 9.78 Å². The quantitative estimate of drug-likeness (QED) is 0.803. The first-order valence-corrected chi connectivity index (χ1v) is 5.09. The lowest BCUT2D eigenvalue weighted by atomic mass is 10.0. The van der Waals surface area contributed by atoms with Gasteiger partial charge in [0.15, 0.2) is 0 Å². The van der Waals surface area contributed by atoms with Crippen LogP contribution in [-0.2, 0) is 7.05 Å². The molecule has 5 heteroatoms. The van der Waals surface area contributed by atoms with E-state index in [2.05, 4.69) is 5.10 Å². The van der Waals surface area contributed by atoms with Crippen molar-refractivity contribution in [3.63, 3.8) is 0 Å². The Bertz CT molecular complexity index is 589. The van der Waals surface area contributed by atoms with Gasteiger partial charge < -0.3 is 5.73 Å². The average molecular weight is 233 g/mol. The summed E-state index contributed by atoms with van der Waals surface area (Å²) >= 11 is 0. The van der Waals surface area contributed by atoms with Crippen molar-refractivity contribution in [3.05, 3.63) is 46.9 Å². The zero-order valence-electron chi connectivity index (χ0n) is 9.57. The van der Waals surface area contributed by atoms with Gasteiger partial charge in [-0.05, 0) is 19.1 Å². The van der Waals surface area contributed by atoms with Gasteiger partial charge in [0.25, 0.3) is 0 Å². The van der Waals surface area contributed by atoms with E-state index in [-0.39, 0.29) is 16.9 Å². The normalized spacial score (nSPS) is 10.5. The van der Waals surface area contributed by atoms with Crippen LogP contribution in [0.25, 0.3) is 0 Å². The highest BCUT2D eigenvalue weighted by atomic mass is 19.1. The zero-order chi connectivity index (χ0) is 12.6. The van der Waals surface area contributed by atoms with Crippen molar-refractivity contribution in [2.75, 3.05) is 5.73 Å². The van der Waals surface area contributed by atoms with Crippen LogP contribution < -0.4 is 5.73 Å². The van der Waals surface area contributed by atoms with E-state index in [4.69, 9.17) is 5.73 Å². The van der Waals surface area contributed by atoms with Crippen molar-refractivity contribution >= 4 is 11.6 Å². The number of hydrogen-bond donors (Lipinski definition) is 1. The number of nitrogen functional groups attached to an aromatic ring is 1. The molecule has 0 aliphatic rings. The van der Waals surface area contributed by atoms with Gasteiger partial charge in [0.05, 0.1) is 17.3 Å². The monoisotopic (exact) mass is 233 g/mol. The molecule has 0 radical (unpaired) electrons. The van der Waals surface area contributed by atoms with Gasteiger partial charge in [-0.3, -0.25) is 9.48 Å². The van der Waals surface area contributed by atoms with Crippen LogP contribution in [0.15, 0.2) is 24.4 Å². The predicted octanol–water partition coefficient (Wildman–Crippen LogP) is 1.68. The van der Waals surface area contributed by atoms with Gasteiger partial charge in [0.1, 0.15) is 11.6 Å². The van der Waals surface area contributed by atoms with Crippen LogP contribution in [0.5, 0.6) is 0 Å². The number of aryl methyl sites for hydroxylation is 2. The molecule has 0 unspecified atom stereocenters. The Labute approximate surface area is 97.9 Å². The standard InChI is InChI=1S/C12H12FN3O/c1-7-3-4-10(13)8(5-7)11(17)9-6-15-16(2)12(9)14/h3-6H,14H2,1-2H3. The number of nitrogens with zero attached hydrogens (tertiary/aromatic N) is 2. The molecule has 1 aromatic heterocycles. The van der Waals surface area contributed by atoms with E-state index in [0.717, 1.165) is 5.56 Å². The Kier molecular flexibility index (Phi) is 2.67. The van der Waals surface area contributed by atoms with Crippen molar-refractivity contribution in [3.8, 4) is 0 Å². The number of hydrogen-bond acceptors (Lipinski definition) is 3. The second-order valence-electron chi connectivity index (χ2n) is 3.88. The molecule has 0 aliphatic carbocycles. The summed E-state index contributed by atoms with van der Waals surface area (Å²) in [4.78, 5) is 12.1. The molecule has 1 aromatic carbocycles. The maximum Gasteiger partial charge on any atom is 0.201 e. The van der Waals surface area contributed by atoms with Crippen LogP contribution in [0.3, 0.4) is 0 Å². The van der Waals surface area contributed by atoms with Crippen molar-refractivity contribution in [2.45, 2.75) is 6.92 Å². The number of aromatic nitrogens is 2. The average Bonchev–Trinajstić information content (AvgIpc) is 2.62. The molecular formula is C12H12FN3O. The van der Waals surface area contributed by atoms with E-state index in [0.29, 0.717) is 0 Å². The lowest BCUT2D eigenvalue weighted by Gasteiger charge is -2.03. The predicted molar refractivity (Wildman–Crippen MR) is 62.2 cm³/mol. The summed E-state index contributed by atoms with van der Waals surface area (Å²) in [5.41, 5.74) is 6.74. The summed E-state index contributed by atoms with van der Waals surface area (Å²) in [6.07, 6.45) is 1.35. The van der Waals surface area contributed by atoms with E-state index in [1.54, 1.807) is 20.0 Å². The second kappa shape index (κ2) is 4.01. The minimum atomic E-state index is -0.552. The molecule has 17 heavy (non-hydrogen) atoms. The van der Waals surface area contributed by atoms with E-state index in [1.807, 2.05) is 0 Å². The summed E-state index contributed by atoms with van der Waals surface area (Å²) in [6.45, 7) is 1.79. The minimum absolute atomic E-state index is 0.0182. The molecule has 2 rings (SSSR count). The van der Waals surface area contributed by atoms with Gasteiger partial charge >= 0.3 is 0 Å². The summed E-state index contributed by atoms with van der Waals surface area (Å²) in [6, 6.07) is 4.39. The molecule has 0 fully saturated rings. The summed E-state index contributed by atoms with van der Waals surface area (Å²) in [7, 11) is 1.62. The highest BCUT2D eigenvalue weighted by Gasteiger charge is 2.19. The number of anilines is 1. The first kappa shape index (κ1) is 11.3. The number of halogens is 1. The minimum Gasteiger partial charge on any atom is -0.383 e. The Morgan fingerprint density at radius 2 is 2.12 bits per heavy atom. The fourth-order valence-electron chi connectivity index (χ4n) is 1.58. The molecule has 0 atom stereocenters. The van der Waals surface area contributed by atoms with Gasteiger partial charge in [-0.25, -0.2) is 4.39 Å². The lowest BCUT2D eigenvalue weighted by molar-refractivity contribution is 0.103. The third-order valence-electron chi connectivity index (χ3n) is 2.60. The smallest absolute Gasteiger partial charge is 0.201 e. The largest absolute Gasteiger partial charge is 0.383 e. The molecule has 0 aliphatic heterocycles. The Morgan fingerprint density at radius 3 is 2.71 bits per heavy atom. The Balaban J connectivity index is 2.51. The highest BCUT2D eigenvalue weighted by molar-refractivity contribution is 6.11. The van der Waals surface area contributed by atoms with Crippen LogP contribution >= 0.6 is 0 Å². The molecule has 0 saturated heterocycles. The zero-order valence-corrected chi connectivity index (χ0v) is 9.57. The van der Waals surface area contributed by atoms with Crippen LogP contribution in [-0.4, -0.2) is 15.6 Å². The highest BCUT2D eigenvalue weighted by Crippen LogP contribution is 2.18. The number of carbonyl (C=O) groups is 1. The van der Waals surface area contributed by atoms with Crippen molar-refractivity contribution in [2.24, 2.45) is 7.05 Å². The Morgan fingerprint density at radius 1 is 1.41 bits per heavy atom. The molecule has 1 heterocycles. The molecule has 0 spiro atoms. The number of nitrogens with two attached hydrogens (primary N) is 1. The van der Waals surface area contributed by atoms with E-state index in [1.165, 1.54) is 23.0 Å². The number of benzene rings is 1. The molecule has 88 valence electrons. The fraction of sp³-hybridized carbons (Fsp3) is 0.167. The maximum absolute atomic E-state index is 13.6. The van der Waals surface area contributed by atoms with Crippen LogP contribution in [0, 0.1) is 12.7 Å². The molecule has 0 amide bonds. The molecule has 2 aromatic rings. The molecule has 4 nitrogen and oxygen atoms in total.